The summed E-state index contributed by atoms with van der Waals surface area (Å²) in [7, 11) is 1.54. The molecule has 1 aromatic heterocycles. The van der Waals surface area contributed by atoms with Gasteiger partial charge < -0.3 is 24.0 Å². The molecule has 6 rings (SSSR count). The highest BCUT2D eigenvalue weighted by Crippen LogP contribution is 2.38. The number of ether oxygens (including phenoxy) is 3. The second kappa shape index (κ2) is 12.2. The lowest BCUT2D eigenvalue weighted by Crippen LogP contribution is -2.53. The number of carbonyl (C=O) groups is 2. The van der Waals surface area contributed by atoms with Gasteiger partial charge in [0.2, 0.25) is 11.8 Å². The molecule has 0 N–H and O–H groups in total. The van der Waals surface area contributed by atoms with E-state index >= 15 is 4.39 Å². The number of amides is 2. The monoisotopic (exact) mass is 577 g/mol. The first-order valence-electron chi connectivity index (χ1n) is 13.7. The predicted molar refractivity (Wildman–Crippen MR) is 160 cm³/mol. The molecule has 5 aromatic rings. The first kappa shape index (κ1) is 27.7. The van der Waals surface area contributed by atoms with E-state index in [9.17, 15) is 9.59 Å². The predicted octanol–water partition coefficient (Wildman–Crippen LogP) is 6.13. The molecular formula is C34H28FN3O5. The number of carbonyl (C=O) groups excluding carboxylic acids is 2. The summed E-state index contributed by atoms with van der Waals surface area (Å²) in [6.07, 6.45) is 1.57. The Hall–Kier alpha value is -5.44. The van der Waals surface area contributed by atoms with Crippen molar-refractivity contribution in [3.8, 4) is 23.0 Å². The van der Waals surface area contributed by atoms with Gasteiger partial charge in [-0.2, -0.15) is 0 Å². The molecule has 1 fully saturated rings. The number of halogens is 1. The Labute approximate surface area is 247 Å². The van der Waals surface area contributed by atoms with Gasteiger partial charge in [0.05, 0.1) is 12.6 Å². The lowest BCUT2D eigenvalue weighted by Gasteiger charge is -2.34. The molecule has 43 heavy (non-hydrogen) atoms. The number of nitrogens with zero attached hydrogens (tertiary/aromatic N) is 3. The summed E-state index contributed by atoms with van der Waals surface area (Å²) in [5, 5.41) is 0.602. The van der Waals surface area contributed by atoms with Crippen LogP contribution in [0.2, 0.25) is 0 Å². The van der Waals surface area contributed by atoms with Crippen LogP contribution in [-0.4, -0.2) is 41.9 Å². The lowest BCUT2D eigenvalue weighted by molar-refractivity contribution is -0.138. The van der Waals surface area contributed by atoms with Crippen molar-refractivity contribution in [1.29, 1.82) is 0 Å². The number of methoxy groups -OCH3 is 1. The van der Waals surface area contributed by atoms with E-state index in [2.05, 4.69) is 4.98 Å². The Morgan fingerprint density at radius 1 is 0.767 bits per heavy atom. The van der Waals surface area contributed by atoms with Gasteiger partial charge in [-0.1, -0.05) is 60.7 Å². The molecular weight excluding hydrogens is 549 g/mol. The molecule has 0 spiro atoms. The second-order valence-electron chi connectivity index (χ2n) is 10.0. The normalized spacial score (nSPS) is 13.3. The van der Waals surface area contributed by atoms with Gasteiger partial charge in [0.15, 0.2) is 23.1 Å². The largest absolute Gasteiger partial charge is 0.493 e. The van der Waals surface area contributed by atoms with Crippen LogP contribution < -0.4 is 19.1 Å². The summed E-state index contributed by atoms with van der Waals surface area (Å²) in [6, 6.07) is 28.6. The van der Waals surface area contributed by atoms with E-state index < -0.39 is 5.82 Å². The Morgan fingerprint density at radius 3 is 2.23 bits per heavy atom. The van der Waals surface area contributed by atoms with Gasteiger partial charge in [-0.05, 0) is 35.4 Å². The molecule has 0 bridgehead atoms. The maximum Gasteiger partial charge on any atom is 0.247 e. The van der Waals surface area contributed by atoms with E-state index in [1.165, 1.54) is 21.9 Å². The Morgan fingerprint density at radius 2 is 1.51 bits per heavy atom. The number of pyridine rings is 1. The molecule has 1 saturated heterocycles. The first-order chi connectivity index (χ1) is 21.0. The summed E-state index contributed by atoms with van der Waals surface area (Å²) in [6.45, 7) is 0.433. The third-order valence-electron chi connectivity index (χ3n) is 7.16. The van der Waals surface area contributed by atoms with E-state index in [4.69, 9.17) is 14.2 Å². The fourth-order valence-corrected chi connectivity index (χ4v) is 4.93. The molecule has 0 saturated carbocycles. The topological polar surface area (TPSA) is 81.2 Å². The molecule has 216 valence electrons. The number of aromatic nitrogens is 1. The summed E-state index contributed by atoms with van der Waals surface area (Å²) >= 11 is 0. The summed E-state index contributed by atoms with van der Waals surface area (Å²) < 4.78 is 32.9. The molecule has 0 radical (unpaired) electrons. The highest BCUT2D eigenvalue weighted by atomic mass is 19.1. The zero-order valence-electron chi connectivity index (χ0n) is 23.4. The number of fused-ring (bicyclic) bond motifs is 1. The van der Waals surface area contributed by atoms with Crippen molar-refractivity contribution < 1.29 is 28.2 Å². The summed E-state index contributed by atoms with van der Waals surface area (Å²) in [4.78, 5) is 33.0. The molecule has 4 aromatic carbocycles. The second-order valence-corrected chi connectivity index (χ2v) is 10.0. The summed E-state index contributed by atoms with van der Waals surface area (Å²) in [5.41, 5.74) is 2.80. The minimum atomic E-state index is -0.677. The first-order valence-corrected chi connectivity index (χ1v) is 13.7. The molecule has 8 nitrogen and oxygen atoms in total. The zero-order chi connectivity index (χ0) is 29.8. The van der Waals surface area contributed by atoms with Crippen molar-refractivity contribution in [2.75, 3.05) is 25.1 Å². The Bertz CT molecular complexity index is 1780. The van der Waals surface area contributed by atoms with Crippen molar-refractivity contribution in [3.05, 3.63) is 120 Å². The maximum absolute atomic E-state index is 15.3. The van der Waals surface area contributed by atoms with Crippen LogP contribution >= 0.6 is 0 Å². The van der Waals surface area contributed by atoms with Crippen LogP contribution in [0.5, 0.6) is 23.0 Å². The van der Waals surface area contributed by atoms with Gasteiger partial charge in [-0.25, -0.2) is 4.39 Å². The van der Waals surface area contributed by atoms with Crippen molar-refractivity contribution in [2.45, 2.75) is 13.2 Å². The third-order valence-corrected chi connectivity index (χ3v) is 7.16. The smallest absolute Gasteiger partial charge is 0.247 e. The Kier molecular flexibility index (Phi) is 7.86. The average Bonchev–Trinajstić information content (AvgIpc) is 3.03. The van der Waals surface area contributed by atoms with Crippen LogP contribution in [-0.2, 0) is 22.7 Å². The van der Waals surface area contributed by atoms with Crippen LogP contribution in [0.1, 0.15) is 11.1 Å². The number of rotatable bonds is 9. The maximum atomic E-state index is 15.3. The van der Waals surface area contributed by atoms with Crippen LogP contribution in [0.3, 0.4) is 0 Å². The van der Waals surface area contributed by atoms with E-state index in [1.807, 2.05) is 60.7 Å². The van der Waals surface area contributed by atoms with E-state index in [0.29, 0.717) is 41.3 Å². The number of hydrogen-bond donors (Lipinski definition) is 0. The van der Waals surface area contributed by atoms with Crippen LogP contribution in [0.15, 0.2) is 103 Å². The van der Waals surface area contributed by atoms with Gasteiger partial charge in [0, 0.05) is 35.9 Å². The van der Waals surface area contributed by atoms with Crippen LogP contribution in [0, 0.1) is 5.82 Å². The van der Waals surface area contributed by atoms with E-state index in [0.717, 1.165) is 11.1 Å². The van der Waals surface area contributed by atoms with Gasteiger partial charge >= 0.3 is 0 Å². The van der Waals surface area contributed by atoms with E-state index in [1.54, 1.807) is 37.6 Å². The van der Waals surface area contributed by atoms with Gasteiger partial charge in [-0.3, -0.25) is 14.6 Å². The number of benzene rings is 4. The van der Waals surface area contributed by atoms with Crippen LogP contribution in [0.4, 0.5) is 10.1 Å². The van der Waals surface area contributed by atoms with Crippen LogP contribution in [0.25, 0.3) is 10.9 Å². The fourth-order valence-electron chi connectivity index (χ4n) is 4.93. The third kappa shape index (κ3) is 6.11. The molecule has 9 heteroatoms. The summed E-state index contributed by atoms with van der Waals surface area (Å²) in [5.74, 6) is 0.138. The average molecular weight is 578 g/mol. The van der Waals surface area contributed by atoms with Gasteiger partial charge in [-0.15, -0.1) is 0 Å². The van der Waals surface area contributed by atoms with E-state index in [-0.39, 0.29) is 36.3 Å². The Balaban J connectivity index is 1.19. The van der Waals surface area contributed by atoms with Crippen molar-refractivity contribution in [2.24, 2.45) is 0 Å². The quantitative estimate of drug-likeness (QED) is 0.210. The van der Waals surface area contributed by atoms with Gasteiger partial charge in [0.25, 0.3) is 0 Å². The molecule has 0 unspecified atom stereocenters. The van der Waals surface area contributed by atoms with Gasteiger partial charge in [0.1, 0.15) is 25.4 Å². The highest BCUT2D eigenvalue weighted by Gasteiger charge is 2.31. The fraction of sp³-hybridized carbons (Fsp3) is 0.147. The SMILES string of the molecule is COc1cc2c(Oc3ccc(N4CC(=O)N(Cc5ccccc5)CC4=O)cc3F)ccnc2cc1OCc1ccccc1. The molecule has 2 heterocycles. The number of hydrogen-bond acceptors (Lipinski definition) is 6. The molecule has 1 aliphatic rings. The lowest BCUT2D eigenvalue weighted by atomic mass is 10.1. The van der Waals surface area contributed by atoms with Crippen molar-refractivity contribution in [3.63, 3.8) is 0 Å². The zero-order valence-corrected chi connectivity index (χ0v) is 23.4. The van der Waals surface area contributed by atoms with Crippen molar-refractivity contribution >= 4 is 28.4 Å². The minimum Gasteiger partial charge on any atom is -0.493 e. The molecule has 0 aliphatic carbocycles. The minimum absolute atomic E-state index is 0.0406. The standard InChI is InChI=1S/C34H28FN3O5/c1-41-31-17-26-28(18-32(31)42-22-24-10-6-3-7-11-24)36-15-14-29(26)43-30-13-12-25(16-27(30)35)38-21-33(39)37(20-34(38)40)19-23-8-4-2-5-9-23/h2-18H,19-22H2,1H3. The molecule has 0 atom stereocenters. The number of anilines is 1. The highest BCUT2D eigenvalue weighted by molar-refractivity contribution is 6.04. The molecule has 2 amide bonds. The number of piperazine rings is 1. The molecule has 1 aliphatic heterocycles. The van der Waals surface area contributed by atoms with Crippen molar-refractivity contribution in [1.82, 2.24) is 9.88 Å².